The number of hydrogen-bond donors (Lipinski definition) is 1. The van der Waals surface area contributed by atoms with Crippen molar-refractivity contribution in [1.29, 1.82) is 5.26 Å². The van der Waals surface area contributed by atoms with Gasteiger partial charge in [0.2, 0.25) is 0 Å². The number of pyridine rings is 1. The highest BCUT2D eigenvalue weighted by molar-refractivity contribution is 7.18. The Kier molecular flexibility index (Phi) is 7.32. The topological polar surface area (TPSA) is 92.1 Å². The summed E-state index contributed by atoms with van der Waals surface area (Å²) < 4.78 is 5.30. The first kappa shape index (κ1) is 25.6. The minimum atomic E-state index is -0.533. The van der Waals surface area contributed by atoms with Crippen molar-refractivity contribution in [3.63, 3.8) is 0 Å². The van der Waals surface area contributed by atoms with Crippen LogP contribution in [0, 0.1) is 25.2 Å². The number of halogens is 2. The van der Waals surface area contributed by atoms with Crippen molar-refractivity contribution in [3.8, 4) is 17.3 Å². The Labute approximate surface area is 222 Å². The van der Waals surface area contributed by atoms with Crippen molar-refractivity contribution >= 4 is 62.3 Å². The maximum absolute atomic E-state index is 13.7. The third kappa shape index (κ3) is 4.80. The number of benzene rings is 2. The standard InChI is InChI=1S/C27H21Cl2N3O3S/c1-13(2)35-27(34)24-14(3)19(12-30)26(36-24)32-25(33)22-15(4)23(17-10-9-16(28)11-20(17)29)31-21-8-6-5-7-18(21)22/h5-11,13H,1-4H3,(H,32,33). The van der Waals surface area contributed by atoms with Gasteiger partial charge in [0.25, 0.3) is 5.91 Å². The van der Waals surface area contributed by atoms with Crippen LogP contribution in [0.1, 0.15) is 50.6 Å². The van der Waals surface area contributed by atoms with E-state index >= 15 is 0 Å². The zero-order chi connectivity index (χ0) is 26.1. The molecule has 0 unspecified atom stereocenters. The molecule has 1 amide bonds. The molecule has 0 bridgehead atoms. The molecule has 0 saturated heterocycles. The van der Waals surface area contributed by atoms with Crippen LogP contribution < -0.4 is 5.32 Å². The van der Waals surface area contributed by atoms with E-state index in [4.69, 9.17) is 32.9 Å². The Morgan fingerprint density at radius 1 is 1.11 bits per heavy atom. The molecule has 1 N–H and O–H groups in total. The number of nitrogens with zero attached hydrogens (tertiary/aromatic N) is 2. The highest BCUT2D eigenvalue weighted by atomic mass is 35.5. The molecule has 4 aromatic rings. The van der Waals surface area contributed by atoms with E-state index in [1.54, 1.807) is 45.9 Å². The van der Waals surface area contributed by atoms with Gasteiger partial charge >= 0.3 is 5.97 Å². The molecule has 0 aliphatic heterocycles. The van der Waals surface area contributed by atoms with Crippen molar-refractivity contribution < 1.29 is 14.3 Å². The van der Waals surface area contributed by atoms with Crippen LogP contribution in [0.3, 0.4) is 0 Å². The molecular formula is C27H21Cl2N3O3S. The minimum Gasteiger partial charge on any atom is -0.459 e. The van der Waals surface area contributed by atoms with Crippen LogP contribution in [0.15, 0.2) is 42.5 Å². The lowest BCUT2D eigenvalue weighted by molar-refractivity contribution is 0.0383. The van der Waals surface area contributed by atoms with E-state index < -0.39 is 11.9 Å². The molecule has 36 heavy (non-hydrogen) atoms. The molecule has 0 radical (unpaired) electrons. The predicted octanol–water partition coefficient (Wildman–Crippen LogP) is 7.58. The van der Waals surface area contributed by atoms with Crippen LogP contribution in [0.5, 0.6) is 0 Å². The highest BCUT2D eigenvalue weighted by Crippen LogP contribution is 2.37. The molecule has 6 nitrogen and oxygen atoms in total. The first-order valence-corrected chi connectivity index (χ1v) is 12.6. The summed E-state index contributed by atoms with van der Waals surface area (Å²) in [7, 11) is 0. The van der Waals surface area contributed by atoms with Gasteiger partial charge in [-0.2, -0.15) is 5.26 Å². The fourth-order valence-electron chi connectivity index (χ4n) is 3.91. The number of hydrogen-bond acceptors (Lipinski definition) is 6. The molecule has 9 heteroatoms. The second-order valence-electron chi connectivity index (χ2n) is 8.38. The fourth-order valence-corrected chi connectivity index (χ4v) is 5.44. The summed E-state index contributed by atoms with van der Waals surface area (Å²) in [6.45, 7) is 6.95. The SMILES string of the molecule is Cc1c(C(=O)OC(C)C)sc(NC(=O)c2c(C)c(-c3ccc(Cl)cc3Cl)nc3ccccc23)c1C#N. The van der Waals surface area contributed by atoms with Crippen molar-refractivity contribution in [2.75, 3.05) is 5.32 Å². The lowest BCUT2D eigenvalue weighted by Gasteiger charge is -2.15. The summed E-state index contributed by atoms with van der Waals surface area (Å²) in [5.41, 5.74) is 3.49. The van der Waals surface area contributed by atoms with Gasteiger partial charge in [-0.25, -0.2) is 9.78 Å². The van der Waals surface area contributed by atoms with Crippen LogP contribution in [-0.4, -0.2) is 23.0 Å². The van der Waals surface area contributed by atoms with E-state index in [1.807, 2.05) is 24.3 Å². The number of nitriles is 1. The number of thiophene rings is 1. The van der Waals surface area contributed by atoms with Gasteiger partial charge in [-0.15, -0.1) is 11.3 Å². The largest absolute Gasteiger partial charge is 0.459 e. The Balaban J connectivity index is 1.84. The van der Waals surface area contributed by atoms with E-state index in [1.165, 1.54) is 0 Å². The first-order valence-electron chi connectivity index (χ1n) is 11.0. The second kappa shape index (κ2) is 10.3. The van der Waals surface area contributed by atoms with Gasteiger partial charge in [-0.1, -0.05) is 41.4 Å². The normalized spacial score (nSPS) is 10.9. The summed E-state index contributed by atoms with van der Waals surface area (Å²) in [4.78, 5) is 31.3. The Morgan fingerprint density at radius 2 is 1.83 bits per heavy atom. The number of carbonyl (C=O) groups is 2. The summed E-state index contributed by atoms with van der Waals surface area (Å²) in [5.74, 6) is -0.964. The number of amides is 1. The number of ether oxygens (including phenoxy) is 1. The molecular weight excluding hydrogens is 517 g/mol. The second-order valence-corrected chi connectivity index (χ2v) is 10.2. The summed E-state index contributed by atoms with van der Waals surface area (Å²) in [6, 6.07) is 14.5. The lowest BCUT2D eigenvalue weighted by atomic mass is 9.97. The third-order valence-electron chi connectivity index (χ3n) is 5.56. The Hall–Kier alpha value is -3.44. The number of aromatic nitrogens is 1. The van der Waals surface area contributed by atoms with Crippen LogP contribution in [-0.2, 0) is 4.74 Å². The Bertz CT molecular complexity index is 1570. The predicted molar refractivity (Wildman–Crippen MR) is 144 cm³/mol. The Morgan fingerprint density at radius 3 is 2.50 bits per heavy atom. The highest BCUT2D eigenvalue weighted by Gasteiger charge is 2.25. The van der Waals surface area contributed by atoms with E-state index in [9.17, 15) is 14.9 Å². The third-order valence-corrected chi connectivity index (χ3v) is 7.30. The number of para-hydroxylation sites is 1. The van der Waals surface area contributed by atoms with E-state index in [2.05, 4.69) is 11.4 Å². The zero-order valence-corrected chi connectivity index (χ0v) is 22.2. The van der Waals surface area contributed by atoms with Gasteiger partial charge < -0.3 is 10.1 Å². The molecule has 4 rings (SSSR count). The van der Waals surface area contributed by atoms with Gasteiger partial charge in [-0.3, -0.25) is 4.79 Å². The van der Waals surface area contributed by atoms with Crippen LogP contribution in [0.25, 0.3) is 22.2 Å². The lowest BCUT2D eigenvalue weighted by Crippen LogP contribution is -2.15. The average molecular weight is 538 g/mol. The summed E-state index contributed by atoms with van der Waals surface area (Å²) in [5, 5.41) is 14.4. The molecule has 0 aliphatic rings. The first-order chi connectivity index (χ1) is 17.1. The molecule has 0 atom stereocenters. The molecule has 0 fully saturated rings. The van der Waals surface area contributed by atoms with Gasteiger partial charge in [-0.05, 0) is 63.1 Å². The smallest absolute Gasteiger partial charge is 0.348 e. The maximum Gasteiger partial charge on any atom is 0.348 e. The summed E-state index contributed by atoms with van der Waals surface area (Å²) in [6.07, 6.45) is -0.313. The van der Waals surface area contributed by atoms with Crippen molar-refractivity contribution in [1.82, 2.24) is 4.98 Å². The number of carbonyl (C=O) groups excluding carboxylic acids is 2. The maximum atomic E-state index is 13.7. The number of fused-ring (bicyclic) bond motifs is 1. The molecule has 2 heterocycles. The molecule has 0 saturated carbocycles. The van der Waals surface area contributed by atoms with E-state index in [0.717, 1.165) is 11.3 Å². The number of nitrogens with one attached hydrogen (secondary N) is 1. The molecule has 182 valence electrons. The van der Waals surface area contributed by atoms with E-state index in [-0.39, 0.29) is 21.5 Å². The van der Waals surface area contributed by atoms with Crippen LogP contribution >= 0.6 is 34.5 Å². The van der Waals surface area contributed by atoms with Gasteiger partial charge in [0, 0.05) is 16.0 Å². The van der Waals surface area contributed by atoms with Crippen LogP contribution in [0.2, 0.25) is 10.0 Å². The molecule has 0 aliphatic carbocycles. The molecule has 2 aromatic heterocycles. The van der Waals surface area contributed by atoms with Crippen molar-refractivity contribution in [2.45, 2.75) is 33.8 Å². The number of esters is 1. The van der Waals surface area contributed by atoms with Gasteiger partial charge in [0.15, 0.2) is 0 Å². The quantitative estimate of drug-likeness (QED) is 0.265. The zero-order valence-electron chi connectivity index (χ0n) is 19.9. The number of rotatable bonds is 5. The van der Waals surface area contributed by atoms with Crippen LogP contribution in [0.4, 0.5) is 5.00 Å². The van der Waals surface area contributed by atoms with Gasteiger partial charge in [0.05, 0.1) is 33.5 Å². The molecule has 0 spiro atoms. The number of anilines is 1. The summed E-state index contributed by atoms with van der Waals surface area (Å²) >= 11 is 13.6. The minimum absolute atomic E-state index is 0.223. The monoisotopic (exact) mass is 537 g/mol. The van der Waals surface area contributed by atoms with Crippen molar-refractivity contribution in [2.24, 2.45) is 0 Å². The van der Waals surface area contributed by atoms with Crippen molar-refractivity contribution in [3.05, 3.63) is 79.6 Å². The van der Waals surface area contributed by atoms with E-state index in [0.29, 0.717) is 48.9 Å². The van der Waals surface area contributed by atoms with Gasteiger partial charge in [0.1, 0.15) is 15.9 Å². The average Bonchev–Trinajstić information content (AvgIpc) is 3.13. The molecule has 2 aromatic carbocycles. The fraction of sp³-hybridized carbons (Fsp3) is 0.185.